The van der Waals surface area contributed by atoms with Crippen LogP contribution in [0.25, 0.3) is 0 Å². The Morgan fingerprint density at radius 3 is 3.12 bits per heavy atom. The number of ether oxygens (including phenoxy) is 1. The molecule has 2 aliphatic rings. The number of thioether (sulfide) groups is 1. The van der Waals surface area contributed by atoms with Crippen LogP contribution in [0.15, 0.2) is 0 Å². The topological polar surface area (TPSA) is 47.0 Å². The standard InChI is InChI=1S/C12H17N3OS/c1-13-11-8-7-16-5-4-9(8)14-12(15-11)10-3-2-6-17-10/h10H,2-7H2,1H3,(H,13,14,15). The summed E-state index contributed by atoms with van der Waals surface area (Å²) in [6, 6.07) is 0. The van der Waals surface area contributed by atoms with Crippen molar-refractivity contribution in [2.75, 3.05) is 24.7 Å². The second-order valence-electron chi connectivity index (χ2n) is 4.41. The predicted octanol–water partition coefficient (Wildman–Crippen LogP) is 2.16. The molecule has 0 amide bonds. The lowest BCUT2D eigenvalue weighted by Gasteiger charge is -2.20. The Hall–Kier alpha value is -0.810. The van der Waals surface area contributed by atoms with Crippen molar-refractivity contribution in [2.45, 2.75) is 31.1 Å². The van der Waals surface area contributed by atoms with E-state index in [2.05, 4.69) is 10.3 Å². The van der Waals surface area contributed by atoms with Crippen molar-refractivity contribution in [3.8, 4) is 0 Å². The van der Waals surface area contributed by atoms with Gasteiger partial charge < -0.3 is 10.1 Å². The average Bonchev–Trinajstić information content (AvgIpc) is 2.91. The fourth-order valence-corrected chi connectivity index (χ4v) is 3.59. The highest BCUT2D eigenvalue weighted by atomic mass is 32.2. The molecule has 2 aliphatic heterocycles. The van der Waals surface area contributed by atoms with Gasteiger partial charge in [-0.25, -0.2) is 9.97 Å². The molecule has 1 aromatic rings. The Bertz CT molecular complexity index is 401. The number of aromatic nitrogens is 2. The molecule has 3 rings (SSSR count). The normalized spacial score (nSPS) is 23.5. The Morgan fingerprint density at radius 1 is 1.41 bits per heavy atom. The maximum absolute atomic E-state index is 5.48. The molecule has 1 N–H and O–H groups in total. The molecule has 0 bridgehead atoms. The van der Waals surface area contributed by atoms with Crippen LogP contribution in [-0.2, 0) is 17.8 Å². The lowest BCUT2D eigenvalue weighted by atomic mass is 10.1. The molecule has 17 heavy (non-hydrogen) atoms. The van der Waals surface area contributed by atoms with E-state index in [9.17, 15) is 0 Å². The molecule has 92 valence electrons. The van der Waals surface area contributed by atoms with E-state index < -0.39 is 0 Å². The van der Waals surface area contributed by atoms with Gasteiger partial charge in [-0.1, -0.05) is 0 Å². The van der Waals surface area contributed by atoms with Gasteiger partial charge in [-0.3, -0.25) is 0 Å². The van der Waals surface area contributed by atoms with Crippen molar-refractivity contribution in [1.29, 1.82) is 0 Å². The summed E-state index contributed by atoms with van der Waals surface area (Å²) in [5, 5.41) is 3.67. The Kier molecular flexibility index (Phi) is 3.20. The highest BCUT2D eigenvalue weighted by Gasteiger charge is 2.24. The quantitative estimate of drug-likeness (QED) is 0.872. The first kappa shape index (κ1) is 11.3. The van der Waals surface area contributed by atoms with Crippen LogP contribution in [0.3, 0.4) is 0 Å². The molecule has 5 heteroatoms. The van der Waals surface area contributed by atoms with Gasteiger partial charge in [0.1, 0.15) is 11.6 Å². The number of rotatable bonds is 2. The lowest BCUT2D eigenvalue weighted by molar-refractivity contribution is 0.109. The van der Waals surface area contributed by atoms with Crippen LogP contribution in [-0.4, -0.2) is 29.4 Å². The van der Waals surface area contributed by atoms with E-state index in [0.717, 1.165) is 30.2 Å². The van der Waals surface area contributed by atoms with Crippen molar-refractivity contribution in [3.63, 3.8) is 0 Å². The highest BCUT2D eigenvalue weighted by Crippen LogP contribution is 2.39. The molecule has 0 radical (unpaired) electrons. The lowest BCUT2D eigenvalue weighted by Crippen LogP contribution is -2.17. The minimum absolute atomic E-state index is 0.496. The molecule has 0 saturated carbocycles. The molecule has 0 aromatic carbocycles. The van der Waals surface area contributed by atoms with Crippen molar-refractivity contribution < 1.29 is 4.74 Å². The van der Waals surface area contributed by atoms with Crippen LogP contribution >= 0.6 is 11.8 Å². The van der Waals surface area contributed by atoms with Crippen LogP contribution in [0.4, 0.5) is 5.82 Å². The second kappa shape index (κ2) is 4.82. The summed E-state index contributed by atoms with van der Waals surface area (Å²) in [4.78, 5) is 9.42. The number of anilines is 1. The number of hydrogen-bond donors (Lipinski definition) is 1. The monoisotopic (exact) mass is 251 g/mol. The van der Waals surface area contributed by atoms with Gasteiger partial charge in [-0.15, -0.1) is 0 Å². The molecule has 1 atom stereocenters. The smallest absolute Gasteiger partial charge is 0.143 e. The van der Waals surface area contributed by atoms with Crippen molar-refractivity contribution in [1.82, 2.24) is 9.97 Å². The van der Waals surface area contributed by atoms with Crippen LogP contribution in [0.1, 0.15) is 35.2 Å². The Balaban J connectivity index is 1.99. The summed E-state index contributed by atoms with van der Waals surface area (Å²) < 4.78 is 5.48. The molecule has 1 unspecified atom stereocenters. The zero-order chi connectivity index (χ0) is 11.7. The number of nitrogens with one attached hydrogen (secondary N) is 1. The SMILES string of the molecule is CNc1nc(C2CCCS2)nc2c1COCC2. The van der Waals surface area contributed by atoms with Gasteiger partial charge in [0.05, 0.1) is 24.2 Å². The maximum atomic E-state index is 5.48. The van der Waals surface area contributed by atoms with Crippen LogP contribution in [0.2, 0.25) is 0 Å². The van der Waals surface area contributed by atoms with E-state index >= 15 is 0 Å². The molecule has 1 aromatic heterocycles. The van der Waals surface area contributed by atoms with Gasteiger partial charge in [-0.05, 0) is 18.6 Å². The number of nitrogens with zero attached hydrogens (tertiary/aromatic N) is 2. The molecule has 1 fully saturated rings. The fourth-order valence-electron chi connectivity index (χ4n) is 2.38. The van der Waals surface area contributed by atoms with Gasteiger partial charge in [0.25, 0.3) is 0 Å². The maximum Gasteiger partial charge on any atom is 0.143 e. The Labute approximate surface area is 106 Å². The van der Waals surface area contributed by atoms with E-state index in [-0.39, 0.29) is 0 Å². The first-order valence-corrected chi connectivity index (χ1v) is 7.20. The second-order valence-corrected chi connectivity index (χ2v) is 5.72. The third kappa shape index (κ3) is 2.13. The first-order chi connectivity index (χ1) is 8.38. The predicted molar refractivity (Wildman–Crippen MR) is 69.4 cm³/mol. The zero-order valence-corrected chi connectivity index (χ0v) is 10.8. The third-order valence-electron chi connectivity index (χ3n) is 3.29. The Morgan fingerprint density at radius 2 is 2.35 bits per heavy atom. The molecule has 3 heterocycles. The van der Waals surface area contributed by atoms with Crippen LogP contribution in [0, 0.1) is 0 Å². The van der Waals surface area contributed by atoms with Crippen LogP contribution in [0.5, 0.6) is 0 Å². The van der Waals surface area contributed by atoms with E-state index in [0.29, 0.717) is 11.9 Å². The van der Waals surface area contributed by atoms with E-state index in [4.69, 9.17) is 9.72 Å². The highest BCUT2D eigenvalue weighted by molar-refractivity contribution is 7.99. The molecule has 4 nitrogen and oxygen atoms in total. The summed E-state index contributed by atoms with van der Waals surface area (Å²) in [5.74, 6) is 3.21. The van der Waals surface area contributed by atoms with Gasteiger partial charge in [0.15, 0.2) is 0 Å². The third-order valence-corrected chi connectivity index (χ3v) is 4.67. The molecule has 0 spiro atoms. The summed E-state index contributed by atoms with van der Waals surface area (Å²) in [7, 11) is 1.92. The molecule has 0 aliphatic carbocycles. The van der Waals surface area contributed by atoms with Crippen molar-refractivity contribution >= 4 is 17.6 Å². The minimum Gasteiger partial charge on any atom is -0.376 e. The van der Waals surface area contributed by atoms with Gasteiger partial charge >= 0.3 is 0 Å². The van der Waals surface area contributed by atoms with Gasteiger partial charge in [0.2, 0.25) is 0 Å². The summed E-state index contributed by atoms with van der Waals surface area (Å²) in [6.07, 6.45) is 3.41. The molecular formula is C12H17N3OS. The van der Waals surface area contributed by atoms with E-state index in [1.807, 2.05) is 18.8 Å². The number of hydrogen-bond acceptors (Lipinski definition) is 5. The molecular weight excluding hydrogens is 234 g/mol. The number of fused-ring (bicyclic) bond motifs is 1. The zero-order valence-electron chi connectivity index (χ0n) is 10.0. The van der Waals surface area contributed by atoms with E-state index in [1.165, 1.54) is 24.3 Å². The first-order valence-electron chi connectivity index (χ1n) is 6.15. The molecule has 1 saturated heterocycles. The summed E-state index contributed by atoms with van der Waals surface area (Å²) in [5.41, 5.74) is 2.32. The van der Waals surface area contributed by atoms with Crippen molar-refractivity contribution in [2.24, 2.45) is 0 Å². The van der Waals surface area contributed by atoms with Gasteiger partial charge in [-0.2, -0.15) is 11.8 Å². The summed E-state index contributed by atoms with van der Waals surface area (Å²) >= 11 is 1.98. The van der Waals surface area contributed by atoms with Crippen LogP contribution < -0.4 is 5.32 Å². The summed E-state index contributed by atoms with van der Waals surface area (Å²) in [6.45, 7) is 1.42. The van der Waals surface area contributed by atoms with E-state index in [1.54, 1.807) is 0 Å². The average molecular weight is 251 g/mol. The van der Waals surface area contributed by atoms with Crippen molar-refractivity contribution in [3.05, 3.63) is 17.1 Å². The fraction of sp³-hybridized carbons (Fsp3) is 0.667. The largest absolute Gasteiger partial charge is 0.376 e. The minimum atomic E-state index is 0.496. The van der Waals surface area contributed by atoms with Gasteiger partial charge in [0, 0.05) is 19.0 Å².